The zero-order chi connectivity index (χ0) is 17.5. The van der Waals surface area contributed by atoms with Crippen molar-refractivity contribution in [1.82, 2.24) is 15.2 Å². The van der Waals surface area contributed by atoms with Crippen LogP contribution in [0.4, 0.5) is 0 Å². The van der Waals surface area contributed by atoms with Crippen molar-refractivity contribution in [1.29, 1.82) is 0 Å². The summed E-state index contributed by atoms with van der Waals surface area (Å²) in [6.07, 6.45) is 4.60. The Morgan fingerprint density at radius 1 is 1.44 bits per heavy atom. The van der Waals surface area contributed by atoms with Crippen LogP contribution in [0.1, 0.15) is 18.5 Å². The van der Waals surface area contributed by atoms with Gasteiger partial charge in [-0.2, -0.15) is 0 Å². The molecule has 2 fully saturated rings. The molecule has 1 aromatic heterocycles. The Bertz CT molecular complexity index is 540. The van der Waals surface area contributed by atoms with Crippen LogP contribution in [-0.2, 0) is 20.7 Å². The van der Waals surface area contributed by atoms with Gasteiger partial charge in [0.05, 0.1) is 12.7 Å². The molecule has 2 aliphatic heterocycles. The number of amides is 1. The lowest BCUT2D eigenvalue weighted by atomic mass is 9.79. The highest BCUT2D eigenvalue weighted by molar-refractivity contribution is 5.79. The average molecular weight is 347 g/mol. The van der Waals surface area contributed by atoms with Crippen LogP contribution in [0.2, 0.25) is 0 Å². The first-order chi connectivity index (χ1) is 12.3. The second kappa shape index (κ2) is 9.27. The molecule has 25 heavy (non-hydrogen) atoms. The lowest BCUT2D eigenvalue weighted by molar-refractivity contribution is -0.142. The monoisotopic (exact) mass is 347 g/mol. The van der Waals surface area contributed by atoms with Crippen molar-refractivity contribution in [2.45, 2.75) is 25.4 Å². The Morgan fingerprint density at radius 2 is 2.36 bits per heavy atom. The van der Waals surface area contributed by atoms with Crippen molar-refractivity contribution >= 4 is 5.91 Å². The second-order valence-corrected chi connectivity index (χ2v) is 6.91. The van der Waals surface area contributed by atoms with Gasteiger partial charge in [0.25, 0.3) is 0 Å². The molecule has 0 unspecified atom stereocenters. The number of rotatable bonds is 7. The third-order valence-corrected chi connectivity index (χ3v) is 5.31. The minimum atomic E-state index is 0.0489. The van der Waals surface area contributed by atoms with E-state index in [9.17, 15) is 4.79 Å². The third-order valence-electron chi connectivity index (χ3n) is 5.31. The summed E-state index contributed by atoms with van der Waals surface area (Å²) >= 11 is 0. The summed E-state index contributed by atoms with van der Waals surface area (Å²) in [5, 5.41) is 3.11. The molecule has 2 saturated heterocycles. The van der Waals surface area contributed by atoms with E-state index < -0.39 is 0 Å². The zero-order valence-corrected chi connectivity index (χ0v) is 15.0. The molecule has 0 saturated carbocycles. The van der Waals surface area contributed by atoms with E-state index in [1.54, 1.807) is 13.3 Å². The lowest BCUT2D eigenvalue weighted by Crippen LogP contribution is -2.53. The Kier molecular flexibility index (Phi) is 6.78. The molecule has 0 bridgehead atoms. The van der Waals surface area contributed by atoms with E-state index in [4.69, 9.17) is 9.47 Å². The summed E-state index contributed by atoms with van der Waals surface area (Å²) in [6, 6.07) is 5.87. The molecule has 6 heteroatoms. The summed E-state index contributed by atoms with van der Waals surface area (Å²) in [5.41, 5.74) is 1.01. The number of likely N-dealkylation sites (tertiary alicyclic amines) is 1. The van der Waals surface area contributed by atoms with E-state index in [1.165, 1.54) is 0 Å². The number of piperidine rings is 1. The van der Waals surface area contributed by atoms with Crippen molar-refractivity contribution in [2.24, 2.45) is 11.8 Å². The minimum absolute atomic E-state index is 0.0489. The topological polar surface area (TPSA) is 63.7 Å². The second-order valence-electron chi connectivity index (χ2n) is 6.91. The highest BCUT2D eigenvalue weighted by Gasteiger charge is 2.41. The fourth-order valence-electron chi connectivity index (χ4n) is 3.92. The molecule has 1 N–H and O–H groups in total. The van der Waals surface area contributed by atoms with Crippen LogP contribution >= 0.6 is 0 Å². The minimum Gasteiger partial charge on any atom is -0.383 e. The molecule has 2 aliphatic rings. The maximum absolute atomic E-state index is 12.7. The molecule has 3 atom stereocenters. The van der Waals surface area contributed by atoms with Crippen molar-refractivity contribution in [2.75, 3.05) is 46.5 Å². The van der Waals surface area contributed by atoms with Crippen LogP contribution in [0, 0.1) is 11.8 Å². The van der Waals surface area contributed by atoms with E-state index >= 15 is 0 Å². The van der Waals surface area contributed by atoms with Gasteiger partial charge in [0, 0.05) is 70.0 Å². The molecule has 0 spiro atoms. The highest BCUT2D eigenvalue weighted by atomic mass is 16.5. The molecular weight excluding hydrogens is 318 g/mol. The standard InChI is InChI=1S/C19H29N3O3/c1-24-13-11-22-10-6-18-17(14-22)16(7-12-25-18)19(23)21-9-5-15-4-2-3-8-20-15/h2-4,8,16-18H,5-7,9-14H2,1H3,(H,21,23)/t16-,17+,18-/m0/s1. The van der Waals surface area contributed by atoms with Crippen LogP contribution < -0.4 is 5.32 Å². The number of carbonyl (C=O) groups excluding carboxylic acids is 1. The normalized spacial score (nSPS) is 26.8. The summed E-state index contributed by atoms with van der Waals surface area (Å²) in [7, 11) is 1.73. The Balaban J connectivity index is 1.51. The number of aromatic nitrogens is 1. The first-order valence-corrected chi connectivity index (χ1v) is 9.28. The predicted octanol–water partition coefficient (Wildman–Crippen LogP) is 1.11. The number of methoxy groups -OCH3 is 1. The quantitative estimate of drug-likeness (QED) is 0.801. The number of nitrogens with zero attached hydrogens (tertiary/aromatic N) is 2. The molecule has 0 aliphatic carbocycles. The molecule has 0 aromatic carbocycles. The molecule has 6 nitrogen and oxygen atoms in total. The van der Waals surface area contributed by atoms with Crippen molar-refractivity contribution in [3.8, 4) is 0 Å². The molecule has 138 valence electrons. The predicted molar refractivity (Wildman–Crippen MR) is 95.2 cm³/mol. The highest BCUT2D eigenvalue weighted by Crippen LogP contribution is 2.33. The van der Waals surface area contributed by atoms with Gasteiger partial charge in [-0.3, -0.25) is 9.78 Å². The van der Waals surface area contributed by atoms with Gasteiger partial charge < -0.3 is 19.7 Å². The van der Waals surface area contributed by atoms with E-state index in [0.717, 1.165) is 51.2 Å². The number of nitrogens with one attached hydrogen (secondary N) is 1. The van der Waals surface area contributed by atoms with Crippen molar-refractivity contribution in [3.63, 3.8) is 0 Å². The van der Waals surface area contributed by atoms with Crippen LogP contribution in [0.3, 0.4) is 0 Å². The van der Waals surface area contributed by atoms with Gasteiger partial charge in [-0.25, -0.2) is 0 Å². The number of carbonyl (C=O) groups is 1. The molecular formula is C19H29N3O3. The van der Waals surface area contributed by atoms with Gasteiger partial charge in [-0.1, -0.05) is 6.07 Å². The summed E-state index contributed by atoms with van der Waals surface area (Å²) in [4.78, 5) is 19.4. The van der Waals surface area contributed by atoms with Gasteiger partial charge in [0.15, 0.2) is 0 Å². The van der Waals surface area contributed by atoms with Crippen LogP contribution in [-0.4, -0.2) is 68.4 Å². The van der Waals surface area contributed by atoms with E-state index in [1.807, 2.05) is 18.2 Å². The maximum Gasteiger partial charge on any atom is 0.223 e. The number of pyridine rings is 1. The lowest BCUT2D eigenvalue weighted by Gasteiger charge is -2.44. The summed E-state index contributed by atoms with van der Waals surface area (Å²) in [5.74, 6) is 0.504. The third kappa shape index (κ3) is 5.00. The van der Waals surface area contributed by atoms with Crippen LogP contribution in [0.15, 0.2) is 24.4 Å². The molecule has 1 amide bonds. The van der Waals surface area contributed by atoms with Gasteiger partial charge >= 0.3 is 0 Å². The first kappa shape index (κ1) is 18.3. The van der Waals surface area contributed by atoms with Gasteiger partial charge in [0.1, 0.15) is 0 Å². The van der Waals surface area contributed by atoms with Gasteiger partial charge in [0.2, 0.25) is 5.91 Å². The smallest absolute Gasteiger partial charge is 0.223 e. The Hall–Kier alpha value is -1.50. The molecule has 1 aromatic rings. The largest absolute Gasteiger partial charge is 0.383 e. The van der Waals surface area contributed by atoms with Gasteiger partial charge in [-0.15, -0.1) is 0 Å². The van der Waals surface area contributed by atoms with Crippen LogP contribution in [0.25, 0.3) is 0 Å². The van der Waals surface area contributed by atoms with E-state index in [0.29, 0.717) is 13.2 Å². The summed E-state index contributed by atoms with van der Waals surface area (Å²) in [6.45, 7) is 4.94. The Morgan fingerprint density at radius 3 is 3.16 bits per heavy atom. The number of hydrogen-bond acceptors (Lipinski definition) is 5. The SMILES string of the molecule is COCCN1CC[C@@H]2OCC[C@H](C(=O)NCCc3ccccn3)[C@H]2C1. The summed E-state index contributed by atoms with van der Waals surface area (Å²) < 4.78 is 11.1. The number of fused-ring (bicyclic) bond motifs is 1. The average Bonchev–Trinajstić information content (AvgIpc) is 2.66. The molecule has 3 heterocycles. The van der Waals surface area contributed by atoms with Crippen molar-refractivity contribution in [3.05, 3.63) is 30.1 Å². The zero-order valence-electron chi connectivity index (χ0n) is 15.0. The van der Waals surface area contributed by atoms with Crippen LogP contribution in [0.5, 0.6) is 0 Å². The first-order valence-electron chi connectivity index (χ1n) is 9.28. The Labute approximate surface area is 149 Å². The fourth-order valence-corrected chi connectivity index (χ4v) is 3.92. The number of hydrogen-bond donors (Lipinski definition) is 1. The number of ether oxygens (including phenoxy) is 2. The van der Waals surface area contributed by atoms with Crippen molar-refractivity contribution < 1.29 is 14.3 Å². The molecule has 3 rings (SSSR count). The van der Waals surface area contributed by atoms with E-state index in [-0.39, 0.29) is 23.8 Å². The fraction of sp³-hybridized carbons (Fsp3) is 0.684. The molecule has 0 radical (unpaired) electrons. The van der Waals surface area contributed by atoms with Gasteiger partial charge in [-0.05, 0) is 25.0 Å². The maximum atomic E-state index is 12.7. The van der Waals surface area contributed by atoms with E-state index in [2.05, 4.69) is 15.2 Å².